The van der Waals surface area contributed by atoms with Gasteiger partial charge in [-0.15, -0.1) is 0 Å². The van der Waals surface area contributed by atoms with E-state index in [0.717, 1.165) is 25.3 Å². The predicted octanol–water partition coefficient (Wildman–Crippen LogP) is 4.12. The number of hydrogen-bond acceptors (Lipinski definition) is 1. The van der Waals surface area contributed by atoms with Gasteiger partial charge in [0.15, 0.2) is 0 Å². The van der Waals surface area contributed by atoms with Crippen LogP contribution in [0.5, 0.6) is 0 Å². The van der Waals surface area contributed by atoms with E-state index < -0.39 is 11.6 Å². The maximum absolute atomic E-state index is 13.7. The van der Waals surface area contributed by atoms with Crippen LogP contribution < -0.4 is 5.32 Å². The Morgan fingerprint density at radius 1 is 1.28 bits per heavy atom. The van der Waals surface area contributed by atoms with Crippen molar-refractivity contribution in [1.82, 2.24) is 5.32 Å². The summed E-state index contributed by atoms with van der Waals surface area (Å²) in [6, 6.07) is 3.73. The van der Waals surface area contributed by atoms with Gasteiger partial charge in [-0.3, -0.25) is 0 Å². The first-order valence-electron chi connectivity index (χ1n) is 6.51. The minimum absolute atomic E-state index is 0.0741. The molecule has 0 fully saturated rings. The maximum Gasteiger partial charge on any atom is 0.130 e. The van der Waals surface area contributed by atoms with E-state index in [2.05, 4.69) is 11.4 Å². The zero-order valence-corrected chi connectivity index (χ0v) is 10.7. The molecular formula is C15H19F2N. The summed E-state index contributed by atoms with van der Waals surface area (Å²) in [4.78, 5) is 0. The van der Waals surface area contributed by atoms with Gasteiger partial charge in [-0.05, 0) is 45.2 Å². The van der Waals surface area contributed by atoms with Crippen LogP contribution in [0.4, 0.5) is 8.78 Å². The highest BCUT2D eigenvalue weighted by atomic mass is 19.1. The zero-order valence-electron chi connectivity index (χ0n) is 10.7. The van der Waals surface area contributed by atoms with E-state index in [1.807, 2.05) is 7.05 Å². The van der Waals surface area contributed by atoms with Gasteiger partial charge in [-0.2, -0.15) is 0 Å². The van der Waals surface area contributed by atoms with E-state index in [4.69, 9.17) is 0 Å². The lowest BCUT2D eigenvalue weighted by Gasteiger charge is -2.21. The predicted molar refractivity (Wildman–Crippen MR) is 69.3 cm³/mol. The van der Waals surface area contributed by atoms with E-state index in [0.29, 0.717) is 5.56 Å². The summed E-state index contributed by atoms with van der Waals surface area (Å²) in [6.45, 7) is 0. The molecule has 0 saturated carbocycles. The minimum Gasteiger partial charge on any atom is -0.313 e. The van der Waals surface area contributed by atoms with Crippen LogP contribution in [0.15, 0.2) is 29.8 Å². The summed E-state index contributed by atoms with van der Waals surface area (Å²) in [5, 5.41) is 3.12. The Bertz CT molecular complexity index is 440. The van der Waals surface area contributed by atoms with Gasteiger partial charge in [0.2, 0.25) is 0 Å². The molecule has 0 spiro atoms. The van der Waals surface area contributed by atoms with E-state index in [1.54, 1.807) is 0 Å². The minimum atomic E-state index is -0.525. The van der Waals surface area contributed by atoms with Crippen LogP contribution in [-0.4, -0.2) is 7.05 Å². The Labute approximate surface area is 107 Å². The van der Waals surface area contributed by atoms with Crippen LogP contribution >= 0.6 is 0 Å². The van der Waals surface area contributed by atoms with Crippen LogP contribution in [0, 0.1) is 11.6 Å². The summed E-state index contributed by atoms with van der Waals surface area (Å²) in [5.74, 6) is -0.992. The molecule has 0 bridgehead atoms. The normalized spacial score (nSPS) is 17.4. The second-order valence-corrected chi connectivity index (χ2v) is 4.82. The van der Waals surface area contributed by atoms with Crippen LogP contribution in [-0.2, 0) is 0 Å². The molecule has 1 aromatic rings. The number of rotatable bonds is 4. The molecule has 1 aromatic carbocycles. The Morgan fingerprint density at radius 3 is 2.72 bits per heavy atom. The molecule has 0 aromatic heterocycles. The second kappa shape index (κ2) is 6.10. The summed E-state index contributed by atoms with van der Waals surface area (Å²) in [6.07, 6.45) is 7.75. The third-order valence-electron chi connectivity index (χ3n) is 3.54. The molecule has 1 unspecified atom stereocenters. The van der Waals surface area contributed by atoms with Crippen LogP contribution in [0.3, 0.4) is 0 Å². The fourth-order valence-electron chi connectivity index (χ4n) is 2.50. The van der Waals surface area contributed by atoms with Gasteiger partial charge < -0.3 is 5.32 Å². The summed E-state index contributed by atoms with van der Waals surface area (Å²) in [7, 11) is 1.82. The van der Waals surface area contributed by atoms with Crippen LogP contribution in [0.1, 0.15) is 43.7 Å². The molecule has 1 aliphatic rings. The molecule has 1 nitrogen and oxygen atoms in total. The largest absolute Gasteiger partial charge is 0.313 e. The van der Waals surface area contributed by atoms with Crippen molar-refractivity contribution in [2.75, 3.05) is 7.05 Å². The quantitative estimate of drug-likeness (QED) is 0.794. The monoisotopic (exact) mass is 251 g/mol. The average molecular weight is 251 g/mol. The molecule has 1 N–H and O–H groups in total. The molecule has 18 heavy (non-hydrogen) atoms. The summed E-state index contributed by atoms with van der Waals surface area (Å²) < 4.78 is 26.6. The number of nitrogens with one attached hydrogen (secondary N) is 1. The maximum atomic E-state index is 13.7. The Hall–Kier alpha value is -1.22. The lowest BCUT2D eigenvalue weighted by Crippen LogP contribution is -2.19. The highest BCUT2D eigenvalue weighted by Gasteiger charge is 2.17. The van der Waals surface area contributed by atoms with Crippen molar-refractivity contribution in [3.8, 4) is 0 Å². The molecule has 1 atom stereocenters. The second-order valence-electron chi connectivity index (χ2n) is 4.82. The Kier molecular flexibility index (Phi) is 4.48. The van der Waals surface area contributed by atoms with E-state index >= 15 is 0 Å². The van der Waals surface area contributed by atoms with E-state index in [-0.39, 0.29) is 6.04 Å². The average Bonchev–Trinajstić information content (AvgIpc) is 2.38. The molecular weight excluding hydrogens is 232 g/mol. The van der Waals surface area contributed by atoms with Gasteiger partial charge in [-0.1, -0.05) is 17.7 Å². The zero-order chi connectivity index (χ0) is 13.0. The van der Waals surface area contributed by atoms with Gasteiger partial charge in [0.25, 0.3) is 0 Å². The molecule has 1 aliphatic carbocycles. The number of hydrogen-bond donors (Lipinski definition) is 1. The molecule has 0 saturated heterocycles. The first-order chi connectivity index (χ1) is 8.70. The SMILES string of the molecule is CNC(CC1=CCCCC1)c1ccc(F)cc1F. The number of allylic oxidation sites excluding steroid dienone is 1. The van der Waals surface area contributed by atoms with Gasteiger partial charge in [0.1, 0.15) is 11.6 Å². The smallest absolute Gasteiger partial charge is 0.130 e. The molecule has 2 rings (SSSR count). The van der Waals surface area contributed by atoms with Gasteiger partial charge in [-0.25, -0.2) is 8.78 Å². The lowest BCUT2D eigenvalue weighted by molar-refractivity contribution is 0.510. The molecule has 3 heteroatoms. The lowest BCUT2D eigenvalue weighted by atomic mass is 9.91. The van der Waals surface area contributed by atoms with Crippen LogP contribution in [0.2, 0.25) is 0 Å². The van der Waals surface area contributed by atoms with Crippen molar-refractivity contribution in [1.29, 1.82) is 0 Å². The topological polar surface area (TPSA) is 12.0 Å². The van der Waals surface area contributed by atoms with Crippen molar-refractivity contribution < 1.29 is 8.78 Å². The number of halogens is 2. The standard InChI is InChI=1S/C15H19F2N/c1-18-15(9-11-5-3-2-4-6-11)13-8-7-12(16)10-14(13)17/h5,7-8,10,15,18H,2-4,6,9H2,1H3. The molecule has 0 aliphatic heterocycles. The van der Waals surface area contributed by atoms with Crippen molar-refractivity contribution >= 4 is 0 Å². The highest BCUT2D eigenvalue weighted by molar-refractivity contribution is 5.24. The Morgan fingerprint density at radius 2 is 2.11 bits per heavy atom. The Balaban J connectivity index is 2.14. The highest BCUT2D eigenvalue weighted by Crippen LogP contribution is 2.28. The molecule has 0 radical (unpaired) electrons. The molecule has 0 heterocycles. The first kappa shape index (κ1) is 13.2. The van der Waals surface area contributed by atoms with Crippen molar-refractivity contribution in [2.45, 2.75) is 38.1 Å². The van der Waals surface area contributed by atoms with Crippen LogP contribution in [0.25, 0.3) is 0 Å². The van der Waals surface area contributed by atoms with Crippen molar-refractivity contribution in [3.63, 3.8) is 0 Å². The van der Waals surface area contributed by atoms with Gasteiger partial charge in [0, 0.05) is 17.7 Å². The number of benzene rings is 1. The van der Waals surface area contributed by atoms with E-state index in [9.17, 15) is 8.78 Å². The van der Waals surface area contributed by atoms with Gasteiger partial charge in [0.05, 0.1) is 0 Å². The summed E-state index contributed by atoms with van der Waals surface area (Å²) >= 11 is 0. The first-order valence-corrected chi connectivity index (χ1v) is 6.51. The van der Waals surface area contributed by atoms with Gasteiger partial charge >= 0.3 is 0 Å². The fraction of sp³-hybridized carbons (Fsp3) is 0.467. The third-order valence-corrected chi connectivity index (χ3v) is 3.54. The molecule has 98 valence electrons. The van der Waals surface area contributed by atoms with E-state index in [1.165, 1.54) is 30.5 Å². The van der Waals surface area contributed by atoms with Crippen molar-refractivity contribution in [2.24, 2.45) is 0 Å². The van der Waals surface area contributed by atoms with Crippen molar-refractivity contribution in [3.05, 3.63) is 47.0 Å². The molecule has 0 amide bonds. The summed E-state index contributed by atoms with van der Waals surface area (Å²) in [5.41, 5.74) is 1.93. The fourth-order valence-corrected chi connectivity index (χ4v) is 2.50. The third kappa shape index (κ3) is 3.16.